The molecule has 0 aliphatic carbocycles. The molecule has 8 heteroatoms. The Hall–Kier alpha value is -4.07. The maximum Gasteiger partial charge on any atom is 0.282 e. The van der Waals surface area contributed by atoms with E-state index in [1.54, 1.807) is 24.3 Å². The summed E-state index contributed by atoms with van der Waals surface area (Å²) in [6.45, 7) is 3.77. The first-order valence-corrected chi connectivity index (χ1v) is 10.1. The summed E-state index contributed by atoms with van der Waals surface area (Å²) in [5.41, 5.74) is 0.174. The van der Waals surface area contributed by atoms with Gasteiger partial charge in [-0.05, 0) is 67.9 Å². The molecule has 1 N–H and O–H groups in total. The predicted molar refractivity (Wildman–Crippen MR) is 118 cm³/mol. The van der Waals surface area contributed by atoms with E-state index in [0.717, 1.165) is 24.3 Å². The molecular formula is C25H19F3N2O3. The minimum absolute atomic E-state index is 0.0233. The van der Waals surface area contributed by atoms with Crippen molar-refractivity contribution in [3.63, 3.8) is 0 Å². The maximum absolute atomic E-state index is 14.4. The number of halogens is 3. The van der Waals surface area contributed by atoms with Crippen LogP contribution in [-0.2, 0) is 9.59 Å². The Morgan fingerprint density at radius 1 is 0.818 bits per heavy atom. The summed E-state index contributed by atoms with van der Waals surface area (Å²) >= 11 is 0. The van der Waals surface area contributed by atoms with Crippen LogP contribution in [0.1, 0.15) is 19.4 Å². The molecule has 168 valence electrons. The van der Waals surface area contributed by atoms with Crippen molar-refractivity contribution in [3.05, 3.63) is 95.4 Å². The van der Waals surface area contributed by atoms with E-state index < -0.39 is 29.3 Å². The van der Waals surface area contributed by atoms with Gasteiger partial charge in [-0.3, -0.25) is 9.59 Å². The number of ether oxygens (including phenoxy) is 1. The van der Waals surface area contributed by atoms with E-state index >= 15 is 0 Å². The van der Waals surface area contributed by atoms with Gasteiger partial charge in [0.1, 0.15) is 28.9 Å². The highest BCUT2D eigenvalue weighted by Gasteiger charge is 2.41. The largest absolute Gasteiger partial charge is 0.491 e. The summed E-state index contributed by atoms with van der Waals surface area (Å²) in [7, 11) is 0. The van der Waals surface area contributed by atoms with Crippen molar-refractivity contribution in [3.8, 4) is 5.75 Å². The molecule has 1 aliphatic heterocycles. The zero-order valence-electron chi connectivity index (χ0n) is 17.7. The van der Waals surface area contributed by atoms with Crippen molar-refractivity contribution in [1.29, 1.82) is 0 Å². The molecule has 0 saturated carbocycles. The molecule has 3 aromatic rings. The molecule has 5 nitrogen and oxygen atoms in total. The third-order valence-electron chi connectivity index (χ3n) is 4.86. The first-order valence-electron chi connectivity index (χ1n) is 10.1. The molecule has 0 bridgehead atoms. The third kappa shape index (κ3) is 4.45. The lowest BCUT2D eigenvalue weighted by atomic mass is 10.0. The fourth-order valence-electron chi connectivity index (χ4n) is 3.44. The van der Waals surface area contributed by atoms with E-state index in [0.29, 0.717) is 22.4 Å². The van der Waals surface area contributed by atoms with Crippen LogP contribution < -0.4 is 15.0 Å². The number of hydrogen-bond donors (Lipinski definition) is 1. The van der Waals surface area contributed by atoms with Gasteiger partial charge in [-0.15, -0.1) is 0 Å². The highest BCUT2D eigenvalue weighted by Crippen LogP contribution is 2.35. The lowest BCUT2D eigenvalue weighted by molar-refractivity contribution is -0.120. The van der Waals surface area contributed by atoms with Crippen LogP contribution in [-0.4, -0.2) is 17.9 Å². The van der Waals surface area contributed by atoms with Gasteiger partial charge < -0.3 is 10.1 Å². The molecule has 0 radical (unpaired) electrons. The molecule has 0 fully saturated rings. The molecule has 3 aromatic carbocycles. The molecule has 0 unspecified atom stereocenters. The maximum atomic E-state index is 14.4. The van der Waals surface area contributed by atoms with Crippen LogP contribution in [0.25, 0.3) is 5.57 Å². The standard InChI is InChI=1S/C25H19F3N2O3/c1-14(2)33-19-10-8-18(9-11-19)29-23-22(15-3-5-16(26)6-4-15)24(31)30(25(23)32)21-12-7-17(27)13-20(21)28/h3-14,29H,1-2H3. The second kappa shape index (κ2) is 8.82. The van der Waals surface area contributed by atoms with E-state index in [4.69, 9.17) is 4.74 Å². The van der Waals surface area contributed by atoms with E-state index in [-0.39, 0.29) is 28.6 Å². The minimum Gasteiger partial charge on any atom is -0.491 e. The predicted octanol–water partition coefficient (Wildman–Crippen LogP) is 5.29. The average Bonchev–Trinajstić information content (AvgIpc) is 3.00. The van der Waals surface area contributed by atoms with E-state index in [1.165, 1.54) is 12.1 Å². The number of nitrogens with one attached hydrogen (secondary N) is 1. The average molecular weight is 452 g/mol. The lowest BCUT2D eigenvalue weighted by Gasteiger charge is -2.16. The third-order valence-corrected chi connectivity index (χ3v) is 4.86. The summed E-state index contributed by atoms with van der Waals surface area (Å²) in [5.74, 6) is -3.46. The number of carbonyl (C=O) groups excluding carboxylic acids is 2. The van der Waals surface area contributed by atoms with Gasteiger partial charge in [0.2, 0.25) is 0 Å². The minimum atomic E-state index is -1.06. The SMILES string of the molecule is CC(C)Oc1ccc(NC2=C(c3ccc(F)cc3)C(=O)N(c3ccc(F)cc3F)C2=O)cc1. The van der Waals surface area contributed by atoms with E-state index in [9.17, 15) is 22.8 Å². The smallest absolute Gasteiger partial charge is 0.282 e. The second-order valence-corrected chi connectivity index (χ2v) is 7.61. The molecular weight excluding hydrogens is 433 g/mol. The second-order valence-electron chi connectivity index (χ2n) is 7.61. The molecule has 33 heavy (non-hydrogen) atoms. The van der Waals surface area contributed by atoms with E-state index in [1.807, 2.05) is 13.8 Å². The van der Waals surface area contributed by atoms with Crippen molar-refractivity contribution < 1.29 is 27.5 Å². The summed E-state index contributed by atoms with van der Waals surface area (Å²) in [6.07, 6.45) is -0.0233. The molecule has 0 saturated heterocycles. The number of anilines is 2. The van der Waals surface area contributed by atoms with Crippen molar-refractivity contribution in [2.75, 3.05) is 10.2 Å². The van der Waals surface area contributed by atoms with Gasteiger partial charge in [-0.1, -0.05) is 12.1 Å². The topological polar surface area (TPSA) is 58.6 Å². The summed E-state index contributed by atoms with van der Waals surface area (Å²) in [5, 5.41) is 2.92. The van der Waals surface area contributed by atoms with Crippen LogP contribution in [0, 0.1) is 17.5 Å². The Morgan fingerprint density at radius 2 is 1.45 bits per heavy atom. The van der Waals surface area contributed by atoms with Gasteiger partial charge in [-0.2, -0.15) is 0 Å². The Morgan fingerprint density at radius 3 is 2.06 bits per heavy atom. The molecule has 2 amide bonds. The van der Waals surface area contributed by atoms with Crippen molar-refractivity contribution in [2.24, 2.45) is 0 Å². The Balaban J connectivity index is 1.76. The number of carbonyl (C=O) groups is 2. The highest BCUT2D eigenvalue weighted by atomic mass is 19.1. The van der Waals surface area contributed by atoms with Crippen LogP contribution >= 0.6 is 0 Å². The van der Waals surface area contributed by atoms with Gasteiger partial charge in [0.05, 0.1) is 17.4 Å². The normalized spacial score (nSPS) is 13.8. The number of imide groups is 1. The van der Waals surface area contributed by atoms with Crippen LogP contribution in [0.15, 0.2) is 72.4 Å². The highest BCUT2D eigenvalue weighted by molar-refractivity contribution is 6.46. The summed E-state index contributed by atoms with van der Waals surface area (Å²) < 4.78 is 46.9. The summed E-state index contributed by atoms with van der Waals surface area (Å²) in [6, 6.07) is 14.3. The first-order chi connectivity index (χ1) is 15.7. The Labute approximate surface area is 188 Å². The lowest BCUT2D eigenvalue weighted by Crippen LogP contribution is -2.33. The molecule has 0 spiro atoms. The molecule has 0 aromatic heterocycles. The number of benzene rings is 3. The van der Waals surface area contributed by atoms with Crippen LogP contribution in [0.4, 0.5) is 24.5 Å². The quantitative estimate of drug-likeness (QED) is 0.517. The van der Waals surface area contributed by atoms with Crippen LogP contribution in [0.2, 0.25) is 0 Å². The number of nitrogens with zero attached hydrogens (tertiary/aromatic N) is 1. The van der Waals surface area contributed by atoms with Crippen LogP contribution in [0.5, 0.6) is 5.75 Å². The van der Waals surface area contributed by atoms with Crippen molar-refractivity contribution in [2.45, 2.75) is 20.0 Å². The van der Waals surface area contributed by atoms with Gasteiger partial charge >= 0.3 is 0 Å². The van der Waals surface area contributed by atoms with Crippen molar-refractivity contribution >= 4 is 28.8 Å². The zero-order chi connectivity index (χ0) is 23.7. The van der Waals surface area contributed by atoms with Gasteiger partial charge in [0.15, 0.2) is 0 Å². The molecule has 1 heterocycles. The monoisotopic (exact) mass is 452 g/mol. The molecule has 0 atom stereocenters. The zero-order valence-corrected chi connectivity index (χ0v) is 17.7. The summed E-state index contributed by atoms with van der Waals surface area (Å²) in [4.78, 5) is 27.1. The molecule has 4 rings (SSSR count). The fraction of sp³-hybridized carbons (Fsp3) is 0.120. The number of rotatable bonds is 6. The van der Waals surface area contributed by atoms with Gasteiger partial charge in [-0.25, -0.2) is 18.1 Å². The van der Waals surface area contributed by atoms with Gasteiger partial charge in [0, 0.05) is 11.8 Å². The van der Waals surface area contributed by atoms with Crippen LogP contribution in [0.3, 0.4) is 0 Å². The number of amides is 2. The van der Waals surface area contributed by atoms with Crippen molar-refractivity contribution in [1.82, 2.24) is 0 Å². The number of hydrogen-bond acceptors (Lipinski definition) is 4. The van der Waals surface area contributed by atoms with Gasteiger partial charge in [0.25, 0.3) is 11.8 Å². The Bertz CT molecular complexity index is 1250. The Kier molecular flexibility index (Phi) is 5.91. The van der Waals surface area contributed by atoms with E-state index in [2.05, 4.69) is 5.32 Å². The molecule has 1 aliphatic rings. The fourth-order valence-corrected chi connectivity index (χ4v) is 3.44. The first kappa shape index (κ1) is 22.1.